The van der Waals surface area contributed by atoms with E-state index >= 15 is 0 Å². The third-order valence-corrected chi connectivity index (χ3v) is 5.14. The van der Waals surface area contributed by atoms with Crippen LogP contribution < -0.4 is 0 Å². The average Bonchev–Trinajstić information content (AvgIpc) is 3.19. The number of aliphatic imine (C=N–C) groups is 1. The van der Waals surface area contributed by atoms with Gasteiger partial charge in [0.05, 0.1) is 5.54 Å². The molecule has 2 aliphatic rings. The highest BCUT2D eigenvalue weighted by atomic mass is 16.7. The molecule has 0 aromatic heterocycles. The molecule has 0 amide bonds. The Labute approximate surface area is 138 Å². The van der Waals surface area contributed by atoms with Crippen molar-refractivity contribution in [2.75, 3.05) is 6.61 Å². The van der Waals surface area contributed by atoms with Crippen molar-refractivity contribution in [3.8, 4) is 0 Å². The van der Waals surface area contributed by atoms with E-state index in [-0.39, 0.29) is 11.6 Å². The van der Waals surface area contributed by atoms with Crippen LogP contribution in [-0.4, -0.2) is 34.4 Å². The molecule has 0 saturated carbocycles. The number of epoxide rings is 1. The van der Waals surface area contributed by atoms with Gasteiger partial charge >= 0.3 is 0 Å². The summed E-state index contributed by atoms with van der Waals surface area (Å²) in [5.41, 5.74) is 0.152. The Bertz CT molecular complexity index is 616. The van der Waals surface area contributed by atoms with Gasteiger partial charge in [0.25, 0.3) is 0 Å². The van der Waals surface area contributed by atoms with Crippen LogP contribution in [-0.2, 0) is 9.47 Å². The molecule has 0 spiro atoms. The zero-order chi connectivity index (χ0) is 16.9. The van der Waals surface area contributed by atoms with Crippen LogP contribution in [0.5, 0.6) is 0 Å². The highest BCUT2D eigenvalue weighted by molar-refractivity contribution is 5.92. The quantitative estimate of drug-likeness (QED) is 0.845. The first kappa shape index (κ1) is 16.5. The molecule has 126 valence electrons. The molecular formula is C19H27NO3. The first-order chi connectivity index (χ1) is 10.8. The van der Waals surface area contributed by atoms with E-state index in [4.69, 9.17) is 14.5 Å². The molecule has 1 fully saturated rings. The Morgan fingerprint density at radius 2 is 1.83 bits per heavy atom. The summed E-state index contributed by atoms with van der Waals surface area (Å²) < 4.78 is 12.0. The number of hydrogen-bond donors (Lipinski definition) is 1. The second-order valence-corrected chi connectivity index (χ2v) is 7.40. The van der Waals surface area contributed by atoms with Gasteiger partial charge in [0.2, 0.25) is 11.5 Å². The van der Waals surface area contributed by atoms with Crippen molar-refractivity contribution in [2.24, 2.45) is 4.99 Å². The van der Waals surface area contributed by atoms with Crippen molar-refractivity contribution < 1.29 is 14.6 Å². The van der Waals surface area contributed by atoms with Gasteiger partial charge in [-0.3, -0.25) is 0 Å². The van der Waals surface area contributed by atoms with E-state index < -0.39 is 11.2 Å². The van der Waals surface area contributed by atoms with E-state index in [1.165, 1.54) is 5.56 Å². The zero-order valence-electron chi connectivity index (χ0n) is 14.7. The van der Waals surface area contributed by atoms with Gasteiger partial charge in [-0.15, -0.1) is 0 Å². The summed E-state index contributed by atoms with van der Waals surface area (Å²) in [6.45, 7) is 10.6. The fourth-order valence-corrected chi connectivity index (χ4v) is 3.46. The summed E-state index contributed by atoms with van der Waals surface area (Å²) in [6, 6.07) is 8.27. The van der Waals surface area contributed by atoms with Crippen molar-refractivity contribution in [1.82, 2.24) is 0 Å². The minimum absolute atomic E-state index is 0.208. The van der Waals surface area contributed by atoms with Crippen LogP contribution in [0.25, 0.3) is 0 Å². The number of benzene rings is 1. The van der Waals surface area contributed by atoms with Gasteiger partial charge in [0.1, 0.15) is 18.3 Å². The van der Waals surface area contributed by atoms with Gasteiger partial charge in [0.15, 0.2) is 0 Å². The van der Waals surface area contributed by atoms with Crippen molar-refractivity contribution in [3.63, 3.8) is 0 Å². The molecule has 3 rings (SSSR count). The van der Waals surface area contributed by atoms with E-state index in [0.717, 1.165) is 5.56 Å². The van der Waals surface area contributed by atoms with Crippen LogP contribution >= 0.6 is 0 Å². The molecule has 1 N–H and O–H groups in total. The first-order valence-corrected chi connectivity index (χ1v) is 8.48. The van der Waals surface area contributed by atoms with E-state index in [0.29, 0.717) is 25.3 Å². The van der Waals surface area contributed by atoms with Crippen molar-refractivity contribution in [3.05, 3.63) is 35.4 Å². The van der Waals surface area contributed by atoms with Crippen LogP contribution in [0.3, 0.4) is 0 Å². The molecule has 0 aliphatic carbocycles. The Hall–Kier alpha value is -1.39. The number of aliphatic hydroxyl groups is 1. The van der Waals surface area contributed by atoms with Gasteiger partial charge < -0.3 is 14.6 Å². The third kappa shape index (κ3) is 2.48. The molecular weight excluding hydrogens is 290 g/mol. The highest BCUT2D eigenvalue weighted by Gasteiger charge is 2.73. The normalized spacial score (nSPS) is 29.1. The Morgan fingerprint density at radius 1 is 1.22 bits per heavy atom. The molecule has 4 heteroatoms. The van der Waals surface area contributed by atoms with Crippen LogP contribution in [0, 0.1) is 6.92 Å². The molecule has 1 aromatic rings. The van der Waals surface area contributed by atoms with E-state index in [9.17, 15) is 5.11 Å². The van der Waals surface area contributed by atoms with Crippen molar-refractivity contribution >= 4 is 5.90 Å². The summed E-state index contributed by atoms with van der Waals surface area (Å²) in [6.07, 6.45) is 0.976. The SMILES string of the molecule is CCC(O)(CC)[C@@]1(C2=NC(C)(C)CO2)O[C@H]1c1ccc(C)cc1. The van der Waals surface area contributed by atoms with Crippen molar-refractivity contribution in [2.45, 2.75) is 70.3 Å². The molecule has 0 bridgehead atoms. The molecule has 1 aromatic carbocycles. The van der Waals surface area contributed by atoms with E-state index in [1.54, 1.807) is 0 Å². The first-order valence-electron chi connectivity index (χ1n) is 8.48. The fourth-order valence-electron chi connectivity index (χ4n) is 3.46. The summed E-state index contributed by atoms with van der Waals surface area (Å²) in [7, 11) is 0. The number of aryl methyl sites for hydroxylation is 1. The van der Waals surface area contributed by atoms with Crippen LogP contribution in [0.2, 0.25) is 0 Å². The van der Waals surface area contributed by atoms with Crippen LogP contribution in [0.15, 0.2) is 29.3 Å². The predicted octanol–water partition coefficient (Wildman–Crippen LogP) is 3.56. The lowest BCUT2D eigenvalue weighted by Gasteiger charge is -2.32. The minimum atomic E-state index is -0.984. The smallest absolute Gasteiger partial charge is 0.223 e. The van der Waals surface area contributed by atoms with E-state index in [2.05, 4.69) is 31.2 Å². The monoisotopic (exact) mass is 317 g/mol. The molecule has 0 radical (unpaired) electrons. The molecule has 2 atom stereocenters. The second kappa shape index (κ2) is 5.32. The lowest BCUT2D eigenvalue weighted by molar-refractivity contribution is -0.0243. The summed E-state index contributed by atoms with van der Waals surface area (Å²) >= 11 is 0. The molecule has 4 nitrogen and oxygen atoms in total. The van der Waals surface area contributed by atoms with Gasteiger partial charge in [-0.05, 0) is 39.2 Å². The minimum Gasteiger partial charge on any atom is -0.476 e. The lowest BCUT2D eigenvalue weighted by atomic mass is 9.78. The van der Waals surface area contributed by atoms with Gasteiger partial charge in [0, 0.05) is 0 Å². The summed E-state index contributed by atoms with van der Waals surface area (Å²) in [5, 5.41) is 11.3. The molecule has 0 unspecified atom stereocenters. The number of rotatable bonds is 5. The Balaban J connectivity index is 2.03. The maximum Gasteiger partial charge on any atom is 0.223 e. The predicted molar refractivity (Wildman–Crippen MR) is 90.7 cm³/mol. The summed E-state index contributed by atoms with van der Waals surface area (Å²) in [5.74, 6) is 0.555. The maximum atomic E-state index is 11.3. The topological polar surface area (TPSA) is 54.4 Å². The molecule has 2 heterocycles. The van der Waals surface area contributed by atoms with Crippen LogP contribution in [0.1, 0.15) is 57.8 Å². The third-order valence-electron chi connectivity index (χ3n) is 5.14. The molecule has 2 aliphatic heterocycles. The standard InChI is InChI=1S/C19H27NO3/c1-6-18(21,7-2)19(16-20-17(4,5)12-22-16)15(23-19)14-10-8-13(3)9-11-14/h8-11,15,21H,6-7,12H2,1-5H3/t15-,19+/m0/s1. The number of hydrogen-bond acceptors (Lipinski definition) is 4. The average molecular weight is 317 g/mol. The van der Waals surface area contributed by atoms with Gasteiger partial charge in [-0.25, -0.2) is 4.99 Å². The maximum absolute atomic E-state index is 11.3. The fraction of sp³-hybridized carbons (Fsp3) is 0.632. The lowest BCUT2D eigenvalue weighted by Crippen LogP contribution is -2.50. The Morgan fingerprint density at radius 3 is 2.30 bits per heavy atom. The van der Waals surface area contributed by atoms with E-state index in [1.807, 2.05) is 27.7 Å². The number of ether oxygens (including phenoxy) is 2. The number of nitrogens with zero attached hydrogens (tertiary/aromatic N) is 1. The van der Waals surface area contributed by atoms with Gasteiger partial charge in [-0.2, -0.15) is 0 Å². The second-order valence-electron chi connectivity index (χ2n) is 7.40. The molecule has 1 saturated heterocycles. The molecule has 23 heavy (non-hydrogen) atoms. The van der Waals surface area contributed by atoms with Gasteiger partial charge in [-0.1, -0.05) is 43.7 Å². The summed E-state index contributed by atoms with van der Waals surface area (Å²) in [4.78, 5) is 4.72. The highest BCUT2D eigenvalue weighted by Crippen LogP contribution is 2.59. The Kier molecular flexibility index (Phi) is 3.81. The zero-order valence-corrected chi connectivity index (χ0v) is 14.7. The van der Waals surface area contributed by atoms with Crippen LogP contribution in [0.4, 0.5) is 0 Å². The largest absolute Gasteiger partial charge is 0.476 e. The van der Waals surface area contributed by atoms with Crippen molar-refractivity contribution in [1.29, 1.82) is 0 Å².